The van der Waals surface area contributed by atoms with Crippen molar-refractivity contribution in [2.45, 2.75) is 45.5 Å². The zero-order chi connectivity index (χ0) is 23.9. The SMILES string of the molecule is CC(=O)N[C@@H](Cc1ccc(O)c(C(F)(F)F)c1)C(=O)N[C@@H](C(=O)NCC(=O)O)C(C)C. The number of aromatic hydroxyl groups is 1. The Bertz CT molecular complexity index is 842. The molecule has 1 rings (SSSR count). The number of halogens is 3. The van der Waals surface area contributed by atoms with Gasteiger partial charge in [-0.05, 0) is 23.6 Å². The van der Waals surface area contributed by atoms with E-state index in [4.69, 9.17) is 5.11 Å². The lowest BCUT2D eigenvalue weighted by Gasteiger charge is -2.25. The molecule has 0 aliphatic carbocycles. The third kappa shape index (κ3) is 8.15. The van der Waals surface area contributed by atoms with Crippen LogP contribution in [0.5, 0.6) is 5.75 Å². The van der Waals surface area contributed by atoms with Crippen molar-refractivity contribution in [1.82, 2.24) is 16.0 Å². The third-order valence-corrected chi connectivity index (χ3v) is 4.16. The van der Waals surface area contributed by atoms with Crippen LogP contribution in [0.1, 0.15) is 31.9 Å². The second-order valence-electron chi connectivity index (χ2n) is 7.15. The summed E-state index contributed by atoms with van der Waals surface area (Å²) in [6, 6.07) is 0.200. The van der Waals surface area contributed by atoms with Gasteiger partial charge in [-0.25, -0.2) is 0 Å². The predicted octanol–water partition coefficient (Wildman–Crippen LogP) is 0.800. The highest BCUT2D eigenvalue weighted by atomic mass is 19.4. The van der Waals surface area contributed by atoms with Gasteiger partial charge in [-0.1, -0.05) is 19.9 Å². The van der Waals surface area contributed by atoms with Crippen LogP contribution in [-0.4, -0.2) is 52.5 Å². The predicted molar refractivity (Wildman–Crippen MR) is 102 cm³/mol. The van der Waals surface area contributed by atoms with E-state index in [0.717, 1.165) is 13.0 Å². The Morgan fingerprint density at radius 2 is 1.68 bits per heavy atom. The molecule has 172 valence electrons. The van der Waals surface area contributed by atoms with E-state index in [1.165, 1.54) is 6.07 Å². The molecule has 1 aromatic rings. The lowest BCUT2D eigenvalue weighted by atomic mass is 9.99. The van der Waals surface area contributed by atoms with E-state index < -0.39 is 65.7 Å². The first kappa shape index (κ1) is 25.7. The topological polar surface area (TPSA) is 145 Å². The van der Waals surface area contributed by atoms with Gasteiger partial charge < -0.3 is 26.2 Å². The molecule has 0 aliphatic heterocycles. The van der Waals surface area contributed by atoms with Crippen LogP contribution < -0.4 is 16.0 Å². The quantitative estimate of drug-likeness (QED) is 0.379. The number of carboxylic acid groups (broad SMARTS) is 1. The van der Waals surface area contributed by atoms with E-state index >= 15 is 0 Å². The van der Waals surface area contributed by atoms with E-state index in [-0.39, 0.29) is 12.0 Å². The number of rotatable bonds is 9. The summed E-state index contributed by atoms with van der Waals surface area (Å²) in [6.45, 7) is 3.63. The zero-order valence-electron chi connectivity index (χ0n) is 17.0. The van der Waals surface area contributed by atoms with E-state index in [9.17, 15) is 37.5 Å². The van der Waals surface area contributed by atoms with Gasteiger partial charge in [0.05, 0.1) is 5.56 Å². The zero-order valence-corrected chi connectivity index (χ0v) is 17.0. The van der Waals surface area contributed by atoms with Gasteiger partial charge in [0.25, 0.3) is 0 Å². The maximum atomic E-state index is 13.0. The number of amides is 3. The van der Waals surface area contributed by atoms with Gasteiger partial charge in [0.15, 0.2) is 0 Å². The molecule has 0 radical (unpaired) electrons. The maximum Gasteiger partial charge on any atom is 0.419 e. The van der Waals surface area contributed by atoms with Crippen molar-refractivity contribution in [1.29, 1.82) is 0 Å². The molecule has 0 saturated heterocycles. The number of carboxylic acids is 1. The van der Waals surface area contributed by atoms with Crippen LogP contribution in [0.25, 0.3) is 0 Å². The van der Waals surface area contributed by atoms with Crippen molar-refractivity contribution < 1.29 is 42.6 Å². The minimum absolute atomic E-state index is 0.00968. The van der Waals surface area contributed by atoms with Crippen LogP contribution in [0.15, 0.2) is 18.2 Å². The number of alkyl halides is 3. The van der Waals surface area contributed by atoms with Gasteiger partial charge in [0.2, 0.25) is 17.7 Å². The molecule has 3 amide bonds. The highest BCUT2D eigenvalue weighted by Crippen LogP contribution is 2.36. The normalized spacial score (nSPS) is 13.3. The second kappa shape index (κ2) is 10.6. The van der Waals surface area contributed by atoms with Gasteiger partial charge in [0.1, 0.15) is 24.4 Å². The van der Waals surface area contributed by atoms with Gasteiger partial charge in [-0.15, -0.1) is 0 Å². The summed E-state index contributed by atoms with van der Waals surface area (Å²) in [5, 5.41) is 24.9. The molecule has 5 N–H and O–H groups in total. The molecule has 0 heterocycles. The summed E-state index contributed by atoms with van der Waals surface area (Å²) in [5.74, 6) is -4.97. The molecule has 0 aromatic heterocycles. The largest absolute Gasteiger partial charge is 0.507 e. The fourth-order valence-corrected chi connectivity index (χ4v) is 2.69. The maximum absolute atomic E-state index is 13.0. The van der Waals surface area contributed by atoms with Gasteiger partial charge in [-0.3, -0.25) is 19.2 Å². The Morgan fingerprint density at radius 1 is 1.06 bits per heavy atom. The molecular formula is C19H24F3N3O6. The number of nitrogens with one attached hydrogen (secondary N) is 3. The van der Waals surface area contributed by atoms with Crippen LogP contribution in [0.4, 0.5) is 13.2 Å². The number of carbonyl (C=O) groups is 4. The molecule has 0 aliphatic rings. The van der Waals surface area contributed by atoms with Crippen LogP contribution in [-0.2, 0) is 31.8 Å². The molecule has 9 nitrogen and oxygen atoms in total. The summed E-state index contributed by atoms with van der Waals surface area (Å²) >= 11 is 0. The number of carbonyl (C=O) groups excluding carboxylic acids is 3. The lowest BCUT2D eigenvalue weighted by Crippen LogP contribution is -2.56. The molecular weight excluding hydrogens is 423 g/mol. The van der Waals surface area contributed by atoms with Crippen LogP contribution in [0.3, 0.4) is 0 Å². The average molecular weight is 447 g/mol. The minimum atomic E-state index is -4.82. The smallest absolute Gasteiger partial charge is 0.419 e. The van der Waals surface area contributed by atoms with Crippen molar-refractivity contribution in [2.24, 2.45) is 5.92 Å². The van der Waals surface area contributed by atoms with E-state index in [2.05, 4.69) is 16.0 Å². The molecule has 0 unspecified atom stereocenters. The summed E-state index contributed by atoms with van der Waals surface area (Å²) < 4.78 is 39.1. The van der Waals surface area contributed by atoms with E-state index in [1.807, 2.05) is 0 Å². The fraction of sp³-hybridized carbons (Fsp3) is 0.474. The highest BCUT2D eigenvalue weighted by molar-refractivity contribution is 5.92. The van der Waals surface area contributed by atoms with Crippen molar-refractivity contribution in [3.8, 4) is 5.75 Å². The Hall–Kier alpha value is -3.31. The Labute approximate surface area is 176 Å². The molecule has 12 heteroatoms. The highest BCUT2D eigenvalue weighted by Gasteiger charge is 2.35. The summed E-state index contributed by atoms with van der Waals surface area (Å²) in [5.41, 5.74) is -1.28. The number of phenols is 1. The average Bonchev–Trinajstić information content (AvgIpc) is 2.63. The fourth-order valence-electron chi connectivity index (χ4n) is 2.69. The third-order valence-electron chi connectivity index (χ3n) is 4.16. The Morgan fingerprint density at radius 3 is 2.16 bits per heavy atom. The first-order chi connectivity index (χ1) is 14.2. The molecule has 31 heavy (non-hydrogen) atoms. The van der Waals surface area contributed by atoms with Crippen LogP contribution in [0, 0.1) is 5.92 Å². The second-order valence-corrected chi connectivity index (χ2v) is 7.15. The molecule has 0 saturated carbocycles. The summed E-state index contributed by atoms with van der Waals surface area (Å²) in [4.78, 5) is 47.0. The molecule has 1 aromatic carbocycles. The monoisotopic (exact) mass is 447 g/mol. The number of benzene rings is 1. The first-order valence-corrected chi connectivity index (χ1v) is 9.18. The van der Waals surface area contributed by atoms with Gasteiger partial charge >= 0.3 is 12.1 Å². The molecule has 2 atom stereocenters. The molecule has 0 fully saturated rings. The number of aliphatic carboxylic acids is 1. The van der Waals surface area contributed by atoms with Gasteiger partial charge in [0, 0.05) is 13.3 Å². The number of phenolic OH excluding ortho intramolecular Hbond substituents is 1. The minimum Gasteiger partial charge on any atom is -0.507 e. The lowest BCUT2D eigenvalue weighted by molar-refractivity contribution is -0.139. The standard InChI is InChI=1S/C19H24F3N3O6/c1-9(2)16(18(31)23-8-15(28)29)25-17(30)13(24-10(3)26)7-11-4-5-14(27)12(6-11)19(20,21)22/h4-6,9,13,16,27H,7-8H2,1-3H3,(H,23,31)(H,24,26)(H,25,30)(H,28,29)/t13-,16+/m0/s1. The van der Waals surface area contributed by atoms with Crippen molar-refractivity contribution in [2.75, 3.05) is 6.54 Å². The van der Waals surface area contributed by atoms with Crippen molar-refractivity contribution in [3.63, 3.8) is 0 Å². The number of hydrogen-bond donors (Lipinski definition) is 5. The van der Waals surface area contributed by atoms with E-state index in [1.54, 1.807) is 13.8 Å². The summed E-state index contributed by atoms with van der Waals surface area (Å²) in [7, 11) is 0. The van der Waals surface area contributed by atoms with E-state index in [0.29, 0.717) is 6.07 Å². The molecule has 0 spiro atoms. The summed E-state index contributed by atoms with van der Waals surface area (Å²) in [6.07, 6.45) is -5.17. The van der Waals surface area contributed by atoms with Crippen molar-refractivity contribution >= 4 is 23.7 Å². The van der Waals surface area contributed by atoms with Crippen LogP contribution in [0.2, 0.25) is 0 Å². The Balaban J connectivity index is 3.08. The van der Waals surface area contributed by atoms with Crippen LogP contribution >= 0.6 is 0 Å². The number of hydrogen-bond acceptors (Lipinski definition) is 5. The Kier molecular flexibility index (Phi) is 8.83. The van der Waals surface area contributed by atoms with Crippen molar-refractivity contribution in [3.05, 3.63) is 29.3 Å². The molecule has 0 bridgehead atoms. The first-order valence-electron chi connectivity index (χ1n) is 9.18. The van der Waals surface area contributed by atoms with Gasteiger partial charge in [-0.2, -0.15) is 13.2 Å².